The molecular weight excluding hydrogens is 224 g/mol. The van der Waals surface area contributed by atoms with Gasteiger partial charge < -0.3 is 10.1 Å². The van der Waals surface area contributed by atoms with Gasteiger partial charge in [-0.25, -0.2) is 4.98 Å². The minimum Gasteiger partial charge on any atom is -0.481 e. The van der Waals surface area contributed by atoms with Crippen LogP contribution in [-0.4, -0.2) is 26.8 Å². The maximum atomic E-state index is 10.4. The van der Waals surface area contributed by atoms with Gasteiger partial charge in [-0.2, -0.15) is 0 Å². The van der Waals surface area contributed by atoms with E-state index in [9.17, 15) is 4.79 Å². The quantitative estimate of drug-likeness (QED) is 0.799. The molecule has 2 N–H and O–H groups in total. The monoisotopic (exact) mass is 236 g/mol. The Bertz CT molecular complexity index is 522. The highest BCUT2D eigenvalue weighted by atomic mass is 32.2. The van der Waals surface area contributed by atoms with Crippen LogP contribution < -0.4 is 0 Å². The highest BCUT2D eigenvalue weighted by Crippen LogP contribution is 2.20. The van der Waals surface area contributed by atoms with Crippen LogP contribution in [0.3, 0.4) is 0 Å². The SMILES string of the molecule is CCc1ccc2nc(SCC(=O)O)[nH]c2c1. The van der Waals surface area contributed by atoms with Gasteiger partial charge in [0.1, 0.15) is 0 Å². The van der Waals surface area contributed by atoms with Crippen molar-refractivity contribution < 1.29 is 9.90 Å². The summed E-state index contributed by atoms with van der Waals surface area (Å²) in [6, 6.07) is 6.04. The molecule has 2 rings (SSSR count). The first kappa shape index (κ1) is 11.0. The molecule has 0 aliphatic carbocycles. The van der Waals surface area contributed by atoms with Crippen LogP contribution in [0.4, 0.5) is 0 Å². The third kappa shape index (κ3) is 2.36. The number of imidazole rings is 1. The summed E-state index contributed by atoms with van der Waals surface area (Å²) in [4.78, 5) is 17.8. The minimum absolute atomic E-state index is 0.0282. The van der Waals surface area contributed by atoms with Crippen LogP contribution in [0.2, 0.25) is 0 Å². The zero-order valence-corrected chi connectivity index (χ0v) is 9.67. The van der Waals surface area contributed by atoms with Gasteiger partial charge in [0.25, 0.3) is 0 Å². The largest absolute Gasteiger partial charge is 0.481 e. The Labute approximate surface area is 97.1 Å². The van der Waals surface area contributed by atoms with E-state index in [0.717, 1.165) is 17.5 Å². The summed E-state index contributed by atoms with van der Waals surface area (Å²) in [5.41, 5.74) is 3.09. The number of aromatic amines is 1. The molecule has 0 saturated carbocycles. The smallest absolute Gasteiger partial charge is 0.313 e. The van der Waals surface area contributed by atoms with E-state index in [0.29, 0.717) is 5.16 Å². The first-order valence-corrected chi connectivity index (χ1v) is 6.01. The molecule has 0 aliphatic rings. The highest BCUT2D eigenvalue weighted by molar-refractivity contribution is 7.99. The van der Waals surface area contributed by atoms with Gasteiger partial charge in [-0.3, -0.25) is 4.79 Å². The molecule has 16 heavy (non-hydrogen) atoms. The summed E-state index contributed by atoms with van der Waals surface area (Å²) < 4.78 is 0. The molecule has 0 bridgehead atoms. The van der Waals surface area contributed by atoms with Crippen molar-refractivity contribution in [2.45, 2.75) is 18.5 Å². The molecule has 4 nitrogen and oxygen atoms in total. The number of nitrogens with one attached hydrogen (secondary N) is 1. The number of hydrogen-bond donors (Lipinski definition) is 2. The molecule has 0 spiro atoms. The Balaban J connectivity index is 2.25. The van der Waals surface area contributed by atoms with Gasteiger partial charge in [-0.15, -0.1) is 0 Å². The number of fused-ring (bicyclic) bond motifs is 1. The minimum atomic E-state index is -0.834. The number of thioether (sulfide) groups is 1. The van der Waals surface area contributed by atoms with Crippen LogP contribution >= 0.6 is 11.8 Å². The van der Waals surface area contributed by atoms with Gasteiger partial charge in [0.15, 0.2) is 5.16 Å². The van der Waals surface area contributed by atoms with Crippen LogP contribution in [0.5, 0.6) is 0 Å². The number of rotatable bonds is 4. The van der Waals surface area contributed by atoms with Crippen molar-refractivity contribution in [3.8, 4) is 0 Å². The number of aliphatic carboxylic acids is 1. The van der Waals surface area contributed by atoms with Crippen molar-refractivity contribution in [2.75, 3.05) is 5.75 Å². The zero-order chi connectivity index (χ0) is 11.5. The predicted molar refractivity (Wildman–Crippen MR) is 63.8 cm³/mol. The Kier molecular flexibility index (Phi) is 3.14. The lowest BCUT2D eigenvalue weighted by atomic mass is 10.1. The van der Waals surface area contributed by atoms with Gasteiger partial charge in [0.05, 0.1) is 16.8 Å². The standard InChI is InChI=1S/C11H12N2O2S/c1-2-7-3-4-8-9(5-7)13-11(12-8)16-6-10(14)15/h3-5H,2,6H2,1H3,(H,12,13)(H,14,15). The van der Waals surface area contributed by atoms with Crippen LogP contribution in [0.15, 0.2) is 23.4 Å². The van der Waals surface area contributed by atoms with E-state index < -0.39 is 5.97 Å². The maximum Gasteiger partial charge on any atom is 0.313 e. The van der Waals surface area contributed by atoms with Crippen molar-refractivity contribution in [1.82, 2.24) is 9.97 Å². The molecule has 5 heteroatoms. The molecule has 0 saturated heterocycles. The molecule has 1 heterocycles. The molecule has 0 atom stereocenters. The molecule has 84 valence electrons. The summed E-state index contributed by atoms with van der Waals surface area (Å²) in [6.45, 7) is 2.09. The fourth-order valence-corrected chi connectivity index (χ4v) is 2.06. The Hall–Kier alpha value is -1.49. The van der Waals surface area contributed by atoms with E-state index in [4.69, 9.17) is 5.11 Å². The van der Waals surface area contributed by atoms with E-state index in [2.05, 4.69) is 16.9 Å². The molecule has 0 fully saturated rings. The number of carbonyl (C=O) groups is 1. The third-order valence-corrected chi connectivity index (χ3v) is 3.12. The van der Waals surface area contributed by atoms with Crippen molar-refractivity contribution in [3.05, 3.63) is 23.8 Å². The fourth-order valence-electron chi connectivity index (χ4n) is 1.45. The highest BCUT2D eigenvalue weighted by Gasteiger charge is 2.05. The molecule has 0 unspecified atom stereocenters. The number of nitrogens with zero attached hydrogens (tertiary/aromatic N) is 1. The summed E-state index contributed by atoms with van der Waals surface area (Å²) in [6.07, 6.45) is 0.979. The lowest BCUT2D eigenvalue weighted by Crippen LogP contribution is -1.97. The number of carboxylic acids is 1. The number of hydrogen-bond acceptors (Lipinski definition) is 3. The first-order chi connectivity index (χ1) is 7.69. The van der Waals surface area contributed by atoms with Crippen molar-refractivity contribution in [2.24, 2.45) is 0 Å². The topological polar surface area (TPSA) is 66.0 Å². The third-order valence-electron chi connectivity index (χ3n) is 2.27. The Morgan fingerprint density at radius 1 is 1.56 bits per heavy atom. The number of aromatic nitrogens is 2. The van der Waals surface area contributed by atoms with Crippen LogP contribution in [0.1, 0.15) is 12.5 Å². The van der Waals surface area contributed by atoms with Gasteiger partial charge >= 0.3 is 5.97 Å². The summed E-state index contributed by atoms with van der Waals surface area (Å²) in [5.74, 6) is -0.805. The molecule has 2 aromatic rings. The lowest BCUT2D eigenvalue weighted by molar-refractivity contribution is -0.133. The van der Waals surface area contributed by atoms with Gasteiger partial charge in [-0.05, 0) is 24.1 Å². The fraction of sp³-hybridized carbons (Fsp3) is 0.273. The number of carboxylic acid groups (broad SMARTS) is 1. The predicted octanol–water partition coefficient (Wildman–Crippen LogP) is 2.30. The average Bonchev–Trinajstić information content (AvgIpc) is 2.67. The van der Waals surface area contributed by atoms with E-state index in [1.807, 2.05) is 18.2 Å². The Morgan fingerprint density at radius 3 is 3.06 bits per heavy atom. The van der Waals surface area contributed by atoms with Gasteiger partial charge in [0, 0.05) is 0 Å². The first-order valence-electron chi connectivity index (χ1n) is 5.02. The van der Waals surface area contributed by atoms with E-state index in [-0.39, 0.29) is 5.75 Å². The molecule has 1 aromatic carbocycles. The zero-order valence-electron chi connectivity index (χ0n) is 8.86. The second-order valence-electron chi connectivity index (χ2n) is 3.43. The van der Waals surface area contributed by atoms with Crippen molar-refractivity contribution in [1.29, 1.82) is 0 Å². The number of benzene rings is 1. The van der Waals surface area contributed by atoms with Crippen LogP contribution in [-0.2, 0) is 11.2 Å². The van der Waals surface area contributed by atoms with Gasteiger partial charge in [0.2, 0.25) is 0 Å². The van der Waals surface area contributed by atoms with E-state index in [1.165, 1.54) is 17.3 Å². The molecule has 0 amide bonds. The summed E-state index contributed by atoms with van der Waals surface area (Å²) in [7, 11) is 0. The average molecular weight is 236 g/mol. The molecule has 1 aromatic heterocycles. The van der Waals surface area contributed by atoms with E-state index in [1.54, 1.807) is 0 Å². The van der Waals surface area contributed by atoms with E-state index >= 15 is 0 Å². The van der Waals surface area contributed by atoms with Crippen molar-refractivity contribution in [3.63, 3.8) is 0 Å². The molecule has 0 aliphatic heterocycles. The lowest BCUT2D eigenvalue weighted by Gasteiger charge is -1.93. The number of H-pyrrole nitrogens is 1. The van der Waals surface area contributed by atoms with Gasteiger partial charge in [-0.1, -0.05) is 24.8 Å². The van der Waals surface area contributed by atoms with Crippen LogP contribution in [0.25, 0.3) is 11.0 Å². The normalized spacial score (nSPS) is 10.8. The second-order valence-corrected chi connectivity index (χ2v) is 4.39. The number of aryl methyl sites for hydroxylation is 1. The molecular formula is C11H12N2O2S. The second kappa shape index (κ2) is 4.57. The maximum absolute atomic E-state index is 10.4. The molecule has 0 radical (unpaired) electrons. The Morgan fingerprint density at radius 2 is 2.38 bits per heavy atom. The van der Waals surface area contributed by atoms with Crippen molar-refractivity contribution >= 4 is 28.8 Å². The van der Waals surface area contributed by atoms with Crippen LogP contribution in [0, 0.1) is 0 Å². The summed E-state index contributed by atoms with van der Waals surface area (Å²) >= 11 is 1.20. The summed E-state index contributed by atoms with van der Waals surface area (Å²) in [5, 5.41) is 9.23.